The third-order valence-electron chi connectivity index (χ3n) is 11.3. The van der Waals surface area contributed by atoms with Crippen LogP contribution >= 0.6 is 15.8 Å². The fourth-order valence-electron chi connectivity index (χ4n) is 9.35. The van der Waals surface area contributed by atoms with Crippen molar-refractivity contribution in [1.29, 1.82) is 0 Å². The van der Waals surface area contributed by atoms with E-state index in [0.29, 0.717) is 6.04 Å². The fourth-order valence-corrected chi connectivity index (χ4v) is 17.2. The van der Waals surface area contributed by atoms with Gasteiger partial charge in [0.2, 0.25) is 0 Å². The normalized spacial score (nSPS) is 26.5. The Morgan fingerprint density at radius 1 is 0.585 bits per heavy atom. The standard InChI is InChI=1S/C38H58NP2/c1-39(2)38(36-27-16-28-37(36)41(33-22-11-5-12-23-33)34-24-13-6-14-25-34)30-17-15-26-35(29-30)40(31-18-7-3-8-19-31)32-20-9-4-10-21-32/h15-17,26-29,31-34,38H,3-14,18-25H2,1-2H3/t38-/m0/s1. The molecule has 0 spiro atoms. The molecule has 0 heterocycles. The maximum absolute atomic E-state index is 2.74. The Morgan fingerprint density at radius 3 is 1.51 bits per heavy atom. The van der Waals surface area contributed by atoms with Crippen LogP contribution in [0.5, 0.6) is 0 Å². The first kappa shape index (κ1) is 31.0. The monoisotopic (exact) mass is 590 g/mol. The first-order valence-electron chi connectivity index (χ1n) is 17.8. The van der Waals surface area contributed by atoms with Crippen LogP contribution in [0.2, 0.25) is 0 Å². The summed E-state index contributed by atoms with van der Waals surface area (Å²) in [6.07, 6.45) is 37.1. The predicted molar refractivity (Wildman–Crippen MR) is 183 cm³/mol. The summed E-state index contributed by atoms with van der Waals surface area (Å²) in [5.41, 5.74) is 7.22. The van der Waals surface area contributed by atoms with Crippen molar-refractivity contribution in [2.45, 2.75) is 157 Å². The van der Waals surface area contributed by atoms with E-state index in [2.05, 4.69) is 62.5 Å². The summed E-state index contributed by atoms with van der Waals surface area (Å²) >= 11 is 0. The highest BCUT2D eigenvalue weighted by molar-refractivity contribution is 7.67. The smallest absolute Gasteiger partial charge is 0.0417 e. The molecule has 5 radical (unpaired) electrons. The third kappa shape index (κ3) is 7.48. The lowest BCUT2D eigenvalue weighted by Crippen LogP contribution is -2.32. The maximum Gasteiger partial charge on any atom is 0.0417 e. The van der Waals surface area contributed by atoms with Gasteiger partial charge in [-0.1, -0.05) is 111 Å². The zero-order chi connectivity index (χ0) is 28.0. The molecule has 0 amide bonds. The van der Waals surface area contributed by atoms with E-state index in [1.54, 1.807) is 22.4 Å². The molecule has 5 aliphatic carbocycles. The second kappa shape index (κ2) is 15.4. The zero-order valence-electron chi connectivity index (χ0n) is 26.4. The molecule has 0 saturated heterocycles. The third-order valence-corrected chi connectivity index (χ3v) is 18.3. The Hall–Kier alpha value is 0.0400. The van der Waals surface area contributed by atoms with Crippen LogP contribution in [0, 0.1) is 30.8 Å². The van der Waals surface area contributed by atoms with E-state index >= 15 is 0 Å². The van der Waals surface area contributed by atoms with Crippen molar-refractivity contribution in [3.05, 3.63) is 60.7 Å². The van der Waals surface area contributed by atoms with Gasteiger partial charge in [0.1, 0.15) is 0 Å². The van der Waals surface area contributed by atoms with Gasteiger partial charge in [-0.25, -0.2) is 0 Å². The average Bonchev–Trinajstić information content (AvgIpc) is 3.48. The van der Waals surface area contributed by atoms with Crippen LogP contribution < -0.4 is 5.30 Å². The van der Waals surface area contributed by atoms with Crippen molar-refractivity contribution in [3.8, 4) is 0 Å². The first-order valence-corrected chi connectivity index (χ1v) is 20.8. The van der Waals surface area contributed by atoms with Crippen molar-refractivity contribution >= 4 is 21.1 Å². The lowest BCUT2D eigenvalue weighted by Gasteiger charge is -2.45. The molecule has 0 N–H and O–H groups in total. The molecule has 6 rings (SSSR count). The number of hydrogen-bond donors (Lipinski definition) is 0. The SMILES string of the molecule is CN(C)[C@H]([C]1[CH][CH][CH][C]1P(C1CCCCC1)C1CCCCC1)c1cccc(P(C2CCCCC2)C2CCCCC2)c1. The summed E-state index contributed by atoms with van der Waals surface area (Å²) in [5.74, 6) is 1.66. The van der Waals surface area contributed by atoms with E-state index in [0.717, 1.165) is 22.6 Å². The molecule has 1 aromatic carbocycles. The lowest BCUT2D eigenvalue weighted by atomic mass is 9.90. The second-order valence-corrected chi connectivity index (χ2v) is 19.9. The molecular weight excluding hydrogens is 532 g/mol. The van der Waals surface area contributed by atoms with Crippen LogP contribution in [0.3, 0.4) is 0 Å². The summed E-state index contributed by atoms with van der Waals surface area (Å²) in [6.45, 7) is 0. The molecule has 0 aliphatic heterocycles. The van der Waals surface area contributed by atoms with Crippen molar-refractivity contribution in [3.63, 3.8) is 0 Å². The molecule has 41 heavy (non-hydrogen) atoms. The molecule has 0 bridgehead atoms. The van der Waals surface area contributed by atoms with Crippen LogP contribution in [-0.4, -0.2) is 41.6 Å². The van der Waals surface area contributed by atoms with Gasteiger partial charge >= 0.3 is 0 Å². The minimum absolute atomic E-state index is 0.0650. The van der Waals surface area contributed by atoms with Crippen molar-refractivity contribution < 1.29 is 0 Å². The van der Waals surface area contributed by atoms with Gasteiger partial charge < -0.3 is 4.90 Å². The molecule has 5 fully saturated rings. The number of nitrogens with zero attached hydrogens (tertiary/aromatic N) is 1. The van der Waals surface area contributed by atoms with Crippen LogP contribution in [0.15, 0.2) is 24.3 Å². The van der Waals surface area contributed by atoms with Crippen LogP contribution in [0.25, 0.3) is 0 Å². The molecule has 5 saturated carbocycles. The summed E-state index contributed by atoms with van der Waals surface area (Å²) in [7, 11) is 4.55. The van der Waals surface area contributed by atoms with Gasteiger partial charge in [-0.3, -0.25) is 0 Å². The highest BCUT2D eigenvalue weighted by Gasteiger charge is 2.46. The quantitative estimate of drug-likeness (QED) is 0.259. The van der Waals surface area contributed by atoms with Gasteiger partial charge in [-0.05, 0) is 124 Å². The van der Waals surface area contributed by atoms with Crippen LogP contribution in [0.1, 0.15) is 140 Å². The summed E-state index contributed by atoms with van der Waals surface area (Å²) in [5, 5.41) is 1.75. The summed E-state index contributed by atoms with van der Waals surface area (Å²) in [6, 6.07) is 10.6. The Bertz CT molecular complexity index is 871. The van der Waals surface area contributed by atoms with E-state index in [1.165, 1.54) is 128 Å². The van der Waals surface area contributed by atoms with Crippen LogP contribution in [0.4, 0.5) is 0 Å². The highest BCUT2D eigenvalue weighted by atomic mass is 31.1. The summed E-state index contributed by atoms with van der Waals surface area (Å²) < 4.78 is 0. The second-order valence-electron chi connectivity index (χ2n) is 14.3. The number of hydrogen-bond acceptors (Lipinski definition) is 1. The van der Waals surface area contributed by atoms with Gasteiger partial charge in [0, 0.05) is 17.6 Å². The number of rotatable bonds is 9. The first-order chi connectivity index (χ1) is 20.2. The van der Waals surface area contributed by atoms with E-state index < -0.39 is 0 Å². The zero-order valence-corrected chi connectivity index (χ0v) is 28.2. The minimum atomic E-state index is -0.0867. The maximum atomic E-state index is 2.74. The lowest BCUT2D eigenvalue weighted by molar-refractivity contribution is 0.319. The van der Waals surface area contributed by atoms with E-state index in [9.17, 15) is 0 Å². The van der Waals surface area contributed by atoms with Gasteiger partial charge in [0.15, 0.2) is 0 Å². The molecule has 1 atom stereocenters. The summed E-state index contributed by atoms with van der Waals surface area (Å²) in [4.78, 5) is 2.55. The molecule has 3 heteroatoms. The molecule has 225 valence electrons. The van der Waals surface area contributed by atoms with E-state index in [1.807, 2.05) is 0 Å². The Balaban J connectivity index is 1.30. The Labute approximate surface area is 257 Å². The Morgan fingerprint density at radius 2 is 1.05 bits per heavy atom. The van der Waals surface area contributed by atoms with E-state index in [-0.39, 0.29) is 15.8 Å². The van der Waals surface area contributed by atoms with Crippen LogP contribution in [-0.2, 0) is 0 Å². The largest absolute Gasteiger partial charge is 0.302 e. The van der Waals surface area contributed by atoms with Gasteiger partial charge in [0.05, 0.1) is 0 Å². The van der Waals surface area contributed by atoms with E-state index in [4.69, 9.17) is 0 Å². The number of benzene rings is 1. The van der Waals surface area contributed by atoms with Gasteiger partial charge in [-0.15, -0.1) is 0 Å². The van der Waals surface area contributed by atoms with Crippen molar-refractivity contribution in [2.75, 3.05) is 14.1 Å². The molecule has 5 aliphatic rings. The minimum Gasteiger partial charge on any atom is -0.302 e. The van der Waals surface area contributed by atoms with Gasteiger partial charge in [0.25, 0.3) is 0 Å². The molecular formula is C38H58NP2. The fraction of sp³-hybridized carbons (Fsp3) is 0.711. The Kier molecular flexibility index (Phi) is 11.6. The molecule has 1 nitrogen and oxygen atoms in total. The van der Waals surface area contributed by atoms with Crippen molar-refractivity contribution in [2.24, 2.45) is 0 Å². The molecule has 0 aromatic heterocycles. The molecule has 0 unspecified atom stereocenters. The predicted octanol–water partition coefficient (Wildman–Crippen LogP) is 10.9. The topological polar surface area (TPSA) is 3.24 Å². The molecule has 1 aromatic rings. The van der Waals surface area contributed by atoms with Gasteiger partial charge in [-0.2, -0.15) is 0 Å². The van der Waals surface area contributed by atoms with Crippen molar-refractivity contribution in [1.82, 2.24) is 4.90 Å². The average molecular weight is 591 g/mol. The highest BCUT2D eigenvalue weighted by Crippen LogP contribution is 2.69.